The van der Waals surface area contributed by atoms with Crippen LogP contribution in [0, 0.1) is 5.92 Å². The highest BCUT2D eigenvalue weighted by molar-refractivity contribution is 5.98. The van der Waals surface area contributed by atoms with Gasteiger partial charge in [0.05, 0.1) is 12.3 Å². The Balaban J connectivity index is 1.44. The third-order valence-corrected chi connectivity index (χ3v) is 5.56. The van der Waals surface area contributed by atoms with Gasteiger partial charge < -0.3 is 20.2 Å². The molecule has 2 aliphatic heterocycles. The average Bonchev–Trinajstić information content (AvgIpc) is 3.36. The van der Waals surface area contributed by atoms with Crippen LogP contribution >= 0.6 is 0 Å². The van der Waals surface area contributed by atoms with Crippen LogP contribution in [0.2, 0.25) is 0 Å². The number of benzene rings is 2. The molecule has 0 aliphatic carbocycles. The van der Waals surface area contributed by atoms with E-state index in [0.717, 1.165) is 23.2 Å². The fourth-order valence-corrected chi connectivity index (χ4v) is 3.93. The van der Waals surface area contributed by atoms with Crippen LogP contribution in [0.25, 0.3) is 0 Å². The minimum absolute atomic E-state index is 0.0299. The lowest BCUT2D eigenvalue weighted by molar-refractivity contribution is -0.141. The molecule has 1 fully saturated rings. The number of hydrogen-bond acceptors (Lipinski definition) is 3. The van der Waals surface area contributed by atoms with Crippen LogP contribution in [-0.2, 0) is 22.4 Å². The molecule has 7 nitrogen and oxygen atoms in total. The number of carboxylic acids is 1. The van der Waals surface area contributed by atoms with Gasteiger partial charge in [0.25, 0.3) is 0 Å². The molecule has 3 amide bonds. The number of hydrogen-bond donors (Lipinski definition) is 2. The van der Waals surface area contributed by atoms with Crippen molar-refractivity contribution in [3.8, 4) is 0 Å². The van der Waals surface area contributed by atoms with E-state index in [1.807, 2.05) is 48.5 Å². The molecule has 150 valence electrons. The topological polar surface area (TPSA) is 89.9 Å². The molecule has 7 heteroatoms. The number of aliphatic carboxylic acids is 1. The van der Waals surface area contributed by atoms with E-state index in [1.165, 1.54) is 4.90 Å². The van der Waals surface area contributed by atoms with Crippen LogP contribution in [0.1, 0.15) is 17.5 Å². The van der Waals surface area contributed by atoms with E-state index in [1.54, 1.807) is 4.90 Å². The van der Waals surface area contributed by atoms with Gasteiger partial charge in [0.15, 0.2) is 0 Å². The van der Waals surface area contributed by atoms with Crippen molar-refractivity contribution in [3.05, 3.63) is 59.7 Å². The van der Waals surface area contributed by atoms with E-state index in [-0.39, 0.29) is 18.5 Å². The molecule has 0 saturated carbocycles. The van der Waals surface area contributed by atoms with Gasteiger partial charge in [-0.25, -0.2) is 4.79 Å². The lowest BCUT2D eigenvalue weighted by atomic mass is 10.1. The van der Waals surface area contributed by atoms with Crippen LogP contribution < -0.4 is 10.2 Å². The summed E-state index contributed by atoms with van der Waals surface area (Å²) in [5.74, 6) is -1.35. The van der Waals surface area contributed by atoms with Gasteiger partial charge in [0, 0.05) is 31.0 Å². The number of rotatable bonds is 4. The molecule has 2 aromatic carbocycles. The first-order valence-corrected chi connectivity index (χ1v) is 9.77. The predicted molar refractivity (Wildman–Crippen MR) is 109 cm³/mol. The summed E-state index contributed by atoms with van der Waals surface area (Å²) in [5.41, 5.74) is 3.48. The number of carbonyl (C=O) groups excluding carboxylic acids is 2. The summed E-state index contributed by atoms with van der Waals surface area (Å²) < 4.78 is 0. The molecular weight excluding hydrogens is 370 g/mol. The van der Waals surface area contributed by atoms with Crippen molar-refractivity contribution in [2.45, 2.75) is 19.3 Å². The Morgan fingerprint density at radius 1 is 1.07 bits per heavy atom. The van der Waals surface area contributed by atoms with Gasteiger partial charge >= 0.3 is 12.0 Å². The summed E-state index contributed by atoms with van der Waals surface area (Å²) in [5, 5.41) is 11.9. The van der Waals surface area contributed by atoms with E-state index in [2.05, 4.69) is 5.32 Å². The Labute approximate surface area is 168 Å². The predicted octanol–water partition coefficient (Wildman–Crippen LogP) is 2.76. The molecule has 2 N–H and O–H groups in total. The Bertz CT molecular complexity index is 944. The number of nitrogens with one attached hydrogen (secondary N) is 1. The van der Waals surface area contributed by atoms with Gasteiger partial charge in [-0.05, 0) is 36.1 Å². The zero-order chi connectivity index (χ0) is 20.4. The third kappa shape index (κ3) is 4.08. The van der Waals surface area contributed by atoms with E-state index < -0.39 is 11.9 Å². The number of urea groups is 1. The van der Waals surface area contributed by atoms with Crippen LogP contribution in [0.15, 0.2) is 48.5 Å². The lowest BCUT2D eigenvalue weighted by Crippen LogP contribution is -2.34. The molecule has 0 spiro atoms. The molecule has 2 heterocycles. The van der Waals surface area contributed by atoms with E-state index in [0.29, 0.717) is 31.6 Å². The van der Waals surface area contributed by atoms with Crippen molar-refractivity contribution < 1.29 is 19.5 Å². The first kappa shape index (κ1) is 19.0. The maximum absolute atomic E-state index is 12.8. The molecule has 1 unspecified atom stereocenters. The normalized spacial score (nSPS) is 17.9. The van der Waals surface area contributed by atoms with Crippen molar-refractivity contribution in [2.24, 2.45) is 5.92 Å². The second kappa shape index (κ2) is 7.95. The summed E-state index contributed by atoms with van der Waals surface area (Å²) in [7, 11) is 0. The Kier molecular flexibility index (Phi) is 5.20. The molecule has 29 heavy (non-hydrogen) atoms. The zero-order valence-corrected chi connectivity index (χ0v) is 16.0. The summed E-state index contributed by atoms with van der Waals surface area (Å²) in [6.45, 7) is 1.27. The summed E-state index contributed by atoms with van der Waals surface area (Å²) in [6, 6.07) is 14.9. The largest absolute Gasteiger partial charge is 0.481 e. The smallest absolute Gasteiger partial charge is 0.321 e. The highest BCUT2D eigenvalue weighted by atomic mass is 16.4. The van der Waals surface area contributed by atoms with Gasteiger partial charge in [-0.1, -0.05) is 36.4 Å². The quantitative estimate of drug-likeness (QED) is 0.836. The van der Waals surface area contributed by atoms with Crippen LogP contribution in [0.5, 0.6) is 0 Å². The Morgan fingerprint density at radius 3 is 2.59 bits per heavy atom. The van der Waals surface area contributed by atoms with Gasteiger partial charge in [0.1, 0.15) is 0 Å². The fourth-order valence-electron chi connectivity index (χ4n) is 3.93. The number of nitrogens with zero attached hydrogens (tertiary/aromatic N) is 2. The second-order valence-corrected chi connectivity index (χ2v) is 7.50. The van der Waals surface area contributed by atoms with Gasteiger partial charge in [-0.2, -0.15) is 0 Å². The van der Waals surface area contributed by atoms with Crippen LogP contribution in [0.4, 0.5) is 16.2 Å². The number of amides is 3. The zero-order valence-electron chi connectivity index (χ0n) is 16.0. The fraction of sp³-hybridized carbons (Fsp3) is 0.318. The van der Waals surface area contributed by atoms with Crippen LogP contribution in [-0.4, -0.2) is 47.5 Å². The second-order valence-electron chi connectivity index (χ2n) is 7.50. The Morgan fingerprint density at radius 2 is 1.86 bits per heavy atom. The van der Waals surface area contributed by atoms with Crippen LogP contribution in [0.3, 0.4) is 0 Å². The maximum atomic E-state index is 12.8. The number of likely N-dealkylation sites (tertiary alicyclic amines) is 1. The molecular formula is C22H23N3O4. The van der Waals surface area contributed by atoms with Gasteiger partial charge in [0.2, 0.25) is 5.91 Å². The average molecular weight is 393 g/mol. The SMILES string of the molecule is O=C(O)C1CCN(C(=O)Nc2ccc3c(c2)N(C(=O)Cc2ccccc2)CC3)C1. The monoisotopic (exact) mass is 393 g/mol. The number of carboxylic acid groups (broad SMARTS) is 1. The first-order valence-electron chi connectivity index (χ1n) is 9.77. The van der Waals surface area contributed by atoms with Crippen molar-refractivity contribution in [2.75, 3.05) is 29.9 Å². The minimum Gasteiger partial charge on any atom is -0.481 e. The summed E-state index contributed by atoms with van der Waals surface area (Å²) in [4.78, 5) is 39.7. The molecule has 1 atom stereocenters. The highest BCUT2D eigenvalue weighted by Crippen LogP contribution is 2.31. The molecule has 2 aliphatic rings. The molecule has 4 rings (SSSR count). The summed E-state index contributed by atoms with van der Waals surface area (Å²) in [6.07, 6.45) is 1.59. The van der Waals surface area contributed by atoms with Crippen molar-refractivity contribution in [1.29, 1.82) is 0 Å². The van der Waals surface area contributed by atoms with Crippen molar-refractivity contribution in [1.82, 2.24) is 4.90 Å². The first-order chi connectivity index (χ1) is 14.0. The minimum atomic E-state index is -0.870. The molecule has 2 aromatic rings. The van der Waals surface area contributed by atoms with E-state index >= 15 is 0 Å². The number of anilines is 2. The van der Waals surface area contributed by atoms with Gasteiger partial charge in [-0.15, -0.1) is 0 Å². The van der Waals surface area contributed by atoms with E-state index in [4.69, 9.17) is 5.11 Å². The number of carbonyl (C=O) groups is 3. The highest BCUT2D eigenvalue weighted by Gasteiger charge is 2.31. The molecule has 0 bridgehead atoms. The molecule has 1 saturated heterocycles. The number of fused-ring (bicyclic) bond motifs is 1. The third-order valence-electron chi connectivity index (χ3n) is 5.56. The van der Waals surface area contributed by atoms with Gasteiger partial charge in [-0.3, -0.25) is 9.59 Å². The van der Waals surface area contributed by atoms with Crippen molar-refractivity contribution >= 4 is 29.3 Å². The maximum Gasteiger partial charge on any atom is 0.321 e. The standard InChI is InChI=1S/C22H23N3O4/c26-20(12-15-4-2-1-3-5-15)25-11-9-16-6-7-18(13-19(16)25)23-22(29)24-10-8-17(14-24)21(27)28/h1-7,13,17H,8-12,14H2,(H,23,29)(H,27,28). The lowest BCUT2D eigenvalue weighted by Gasteiger charge is -2.20. The summed E-state index contributed by atoms with van der Waals surface area (Å²) >= 11 is 0. The Hall–Kier alpha value is -3.35. The van der Waals surface area contributed by atoms with Crippen molar-refractivity contribution in [3.63, 3.8) is 0 Å². The van der Waals surface area contributed by atoms with E-state index in [9.17, 15) is 14.4 Å². The molecule has 0 radical (unpaired) electrons. The molecule has 0 aromatic heterocycles.